The monoisotopic (exact) mass is 266 g/mol. The average molecular weight is 266 g/mol. The first-order chi connectivity index (χ1) is 8.95. The third-order valence-corrected chi connectivity index (χ3v) is 2.35. The number of hydrogen-bond donors (Lipinski definition) is 3. The van der Waals surface area contributed by atoms with Crippen LogP contribution in [0.2, 0.25) is 0 Å². The van der Waals surface area contributed by atoms with E-state index < -0.39 is 5.97 Å². The van der Waals surface area contributed by atoms with Gasteiger partial charge in [0.05, 0.1) is 16.9 Å². The number of aryl methyl sites for hydroxylation is 1. The lowest BCUT2D eigenvalue weighted by Gasteiger charge is -2.12. The molecule has 1 rings (SSSR count). The zero-order valence-corrected chi connectivity index (χ0v) is 11.9. The number of nitrogens with one attached hydrogen (secondary N) is 1. The lowest BCUT2D eigenvalue weighted by Crippen LogP contribution is -2.14. The number of rotatable bonds is 4. The fourth-order valence-corrected chi connectivity index (χ4v) is 1.54. The van der Waals surface area contributed by atoms with E-state index in [9.17, 15) is 9.59 Å². The van der Waals surface area contributed by atoms with Crippen LogP contribution in [0, 0.1) is 6.92 Å². The van der Waals surface area contributed by atoms with Gasteiger partial charge >= 0.3 is 5.97 Å². The maximum absolute atomic E-state index is 11.5. The predicted octanol–water partition coefficient (Wildman–Crippen LogP) is 3.04. The molecular weight excluding hydrogens is 244 g/mol. The Morgan fingerprint density at radius 1 is 1.32 bits per heavy atom. The van der Waals surface area contributed by atoms with Gasteiger partial charge in [-0.1, -0.05) is 20.8 Å². The molecule has 0 aliphatic heterocycles. The number of carbonyl (C=O) groups excluding carboxylic acids is 1. The highest BCUT2D eigenvalue weighted by molar-refractivity contribution is 5.97. The van der Waals surface area contributed by atoms with Gasteiger partial charge in [0.15, 0.2) is 0 Å². The molecule has 5 nitrogen and oxygen atoms in total. The van der Waals surface area contributed by atoms with Crippen molar-refractivity contribution >= 4 is 23.3 Å². The third kappa shape index (κ3) is 4.99. The van der Waals surface area contributed by atoms with E-state index in [2.05, 4.69) is 5.32 Å². The van der Waals surface area contributed by atoms with E-state index in [1.165, 1.54) is 12.1 Å². The van der Waals surface area contributed by atoms with E-state index in [1.807, 2.05) is 20.8 Å². The second-order valence-electron chi connectivity index (χ2n) is 3.86. The van der Waals surface area contributed by atoms with Crippen LogP contribution in [0.3, 0.4) is 0 Å². The molecule has 0 aromatic heterocycles. The molecule has 0 saturated heterocycles. The van der Waals surface area contributed by atoms with Crippen molar-refractivity contribution in [2.45, 2.75) is 40.5 Å². The number of carbonyl (C=O) groups is 2. The normalized spacial score (nSPS) is 9.26. The van der Waals surface area contributed by atoms with Crippen molar-refractivity contribution in [1.29, 1.82) is 0 Å². The van der Waals surface area contributed by atoms with Crippen molar-refractivity contribution in [1.82, 2.24) is 0 Å². The molecule has 1 aromatic rings. The Labute approximate surface area is 113 Å². The Morgan fingerprint density at radius 3 is 2.32 bits per heavy atom. The minimum absolute atomic E-state index is 0.119. The molecule has 0 atom stereocenters. The van der Waals surface area contributed by atoms with E-state index in [0.29, 0.717) is 17.7 Å². The molecular formula is C14H22N2O3. The molecule has 4 N–H and O–H groups in total. The highest BCUT2D eigenvalue weighted by atomic mass is 16.4. The first kappa shape index (κ1) is 17.0. The molecule has 0 spiro atoms. The Kier molecular flexibility index (Phi) is 7.26. The molecule has 0 unspecified atom stereocenters. The Hall–Kier alpha value is -2.04. The summed E-state index contributed by atoms with van der Waals surface area (Å²) in [4.78, 5) is 22.3. The van der Waals surface area contributed by atoms with Crippen molar-refractivity contribution in [3.8, 4) is 0 Å². The predicted molar refractivity (Wildman–Crippen MR) is 77.4 cm³/mol. The summed E-state index contributed by atoms with van der Waals surface area (Å²) in [5, 5.41) is 11.5. The quantitative estimate of drug-likeness (QED) is 0.730. The van der Waals surface area contributed by atoms with Gasteiger partial charge in [0.25, 0.3) is 0 Å². The Bertz CT molecular complexity index is 433. The molecule has 0 heterocycles. The molecule has 5 heteroatoms. The molecule has 0 aliphatic rings. The summed E-state index contributed by atoms with van der Waals surface area (Å²) in [5.41, 5.74) is 7.25. The molecule has 19 heavy (non-hydrogen) atoms. The van der Waals surface area contributed by atoms with Crippen LogP contribution >= 0.6 is 0 Å². The zero-order chi connectivity index (χ0) is 15.0. The van der Waals surface area contributed by atoms with Crippen LogP contribution in [0.1, 0.15) is 49.5 Å². The maximum Gasteiger partial charge on any atom is 0.335 e. The summed E-state index contributed by atoms with van der Waals surface area (Å²) >= 11 is 0. The lowest BCUT2D eigenvalue weighted by atomic mass is 10.1. The second kappa shape index (κ2) is 8.13. The summed E-state index contributed by atoms with van der Waals surface area (Å²) in [6, 6.07) is 2.83. The SMILES string of the molecule is CC.CCCC(=O)Nc1c(C)cc(C(=O)O)cc1N. The van der Waals surface area contributed by atoms with Gasteiger partial charge in [0, 0.05) is 6.42 Å². The molecule has 0 radical (unpaired) electrons. The van der Waals surface area contributed by atoms with Crippen molar-refractivity contribution in [2.24, 2.45) is 0 Å². The van der Waals surface area contributed by atoms with Crippen LogP contribution < -0.4 is 11.1 Å². The minimum atomic E-state index is -1.04. The highest BCUT2D eigenvalue weighted by Gasteiger charge is 2.12. The van der Waals surface area contributed by atoms with Crippen LogP contribution in [0.15, 0.2) is 12.1 Å². The number of anilines is 2. The van der Waals surface area contributed by atoms with Crippen LogP contribution in [-0.4, -0.2) is 17.0 Å². The van der Waals surface area contributed by atoms with Crippen LogP contribution in [-0.2, 0) is 4.79 Å². The van der Waals surface area contributed by atoms with E-state index in [0.717, 1.165) is 6.42 Å². The Morgan fingerprint density at radius 2 is 1.89 bits per heavy atom. The summed E-state index contributed by atoms with van der Waals surface area (Å²) in [7, 11) is 0. The van der Waals surface area contributed by atoms with Gasteiger partial charge in [0.1, 0.15) is 0 Å². The molecule has 106 valence electrons. The number of carboxylic acids is 1. The summed E-state index contributed by atoms with van der Waals surface area (Å²) in [5.74, 6) is -1.16. The van der Waals surface area contributed by atoms with Crippen LogP contribution in [0.5, 0.6) is 0 Å². The molecule has 0 aliphatic carbocycles. The van der Waals surface area contributed by atoms with Gasteiger partial charge in [-0.25, -0.2) is 4.79 Å². The average Bonchev–Trinajstić information content (AvgIpc) is 2.36. The van der Waals surface area contributed by atoms with E-state index in [4.69, 9.17) is 10.8 Å². The van der Waals surface area contributed by atoms with E-state index >= 15 is 0 Å². The number of aromatic carboxylic acids is 1. The number of amides is 1. The van der Waals surface area contributed by atoms with Gasteiger partial charge in [-0.2, -0.15) is 0 Å². The van der Waals surface area contributed by atoms with Gasteiger partial charge in [-0.05, 0) is 31.0 Å². The van der Waals surface area contributed by atoms with Crippen LogP contribution in [0.4, 0.5) is 11.4 Å². The molecule has 1 amide bonds. The number of nitrogens with two attached hydrogens (primary N) is 1. The van der Waals surface area contributed by atoms with Crippen molar-refractivity contribution in [3.05, 3.63) is 23.3 Å². The molecule has 0 saturated carbocycles. The number of hydrogen-bond acceptors (Lipinski definition) is 3. The zero-order valence-electron chi connectivity index (χ0n) is 11.9. The topological polar surface area (TPSA) is 92.4 Å². The van der Waals surface area contributed by atoms with E-state index in [-0.39, 0.29) is 17.2 Å². The first-order valence-corrected chi connectivity index (χ1v) is 6.39. The molecule has 0 bridgehead atoms. The fraction of sp³-hybridized carbons (Fsp3) is 0.429. The van der Waals surface area contributed by atoms with Gasteiger partial charge in [-0.3, -0.25) is 4.79 Å². The van der Waals surface area contributed by atoms with E-state index in [1.54, 1.807) is 6.92 Å². The van der Waals surface area contributed by atoms with Crippen molar-refractivity contribution in [3.63, 3.8) is 0 Å². The smallest absolute Gasteiger partial charge is 0.335 e. The maximum atomic E-state index is 11.5. The lowest BCUT2D eigenvalue weighted by molar-refractivity contribution is -0.116. The summed E-state index contributed by atoms with van der Waals surface area (Å²) < 4.78 is 0. The van der Waals surface area contributed by atoms with Crippen molar-refractivity contribution < 1.29 is 14.7 Å². The van der Waals surface area contributed by atoms with Crippen molar-refractivity contribution in [2.75, 3.05) is 11.1 Å². The van der Waals surface area contributed by atoms with Gasteiger partial charge in [-0.15, -0.1) is 0 Å². The second-order valence-corrected chi connectivity index (χ2v) is 3.86. The highest BCUT2D eigenvalue weighted by Crippen LogP contribution is 2.25. The standard InChI is InChI=1S/C12H16N2O3.C2H6/c1-3-4-10(15)14-11-7(2)5-8(12(16)17)6-9(11)13;1-2/h5-6H,3-4,13H2,1-2H3,(H,14,15)(H,16,17);1-2H3. The minimum Gasteiger partial charge on any atom is -0.478 e. The molecule has 1 aromatic carbocycles. The number of nitrogen functional groups attached to an aromatic ring is 1. The largest absolute Gasteiger partial charge is 0.478 e. The summed E-state index contributed by atoms with van der Waals surface area (Å²) in [6.07, 6.45) is 1.16. The molecule has 0 fully saturated rings. The number of carboxylic acid groups (broad SMARTS) is 1. The number of benzene rings is 1. The Balaban J connectivity index is 0.00000154. The summed E-state index contributed by atoms with van der Waals surface area (Å²) in [6.45, 7) is 7.62. The van der Waals surface area contributed by atoms with Gasteiger partial charge in [0.2, 0.25) is 5.91 Å². The fourth-order valence-electron chi connectivity index (χ4n) is 1.54. The van der Waals surface area contributed by atoms with Crippen LogP contribution in [0.25, 0.3) is 0 Å². The third-order valence-electron chi connectivity index (χ3n) is 2.35. The first-order valence-electron chi connectivity index (χ1n) is 6.39. The van der Waals surface area contributed by atoms with Gasteiger partial charge < -0.3 is 16.2 Å².